The van der Waals surface area contributed by atoms with Crippen LogP contribution in [-0.4, -0.2) is 59.9 Å². The number of amides is 2. The van der Waals surface area contributed by atoms with Gasteiger partial charge in [-0.3, -0.25) is 9.59 Å². The van der Waals surface area contributed by atoms with Crippen LogP contribution in [0, 0.1) is 5.92 Å². The SMILES string of the molecule is CC(CNC(C)C)CN1CC(=O)N2CCCC2C1=O. The van der Waals surface area contributed by atoms with Crippen molar-refractivity contribution in [3.8, 4) is 0 Å². The second-order valence-electron chi connectivity index (χ2n) is 6.13. The molecule has 0 aromatic carbocycles. The molecule has 2 aliphatic rings. The number of nitrogens with one attached hydrogen (secondary N) is 1. The van der Waals surface area contributed by atoms with Gasteiger partial charge in [0.1, 0.15) is 6.04 Å². The molecule has 108 valence electrons. The fourth-order valence-electron chi connectivity index (χ4n) is 2.90. The van der Waals surface area contributed by atoms with Crippen molar-refractivity contribution in [3.05, 3.63) is 0 Å². The highest BCUT2D eigenvalue weighted by Gasteiger charge is 2.41. The lowest BCUT2D eigenvalue weighted by atomic mass is 10.1. The fourth-order valence-corrected chi connectivity index (χ4v) is 2.90. The summed E-state index contributed by atoms with van der Waals surface area (Å²) < 4.78 is 0. The van der Waals surface area contributed by atoms with Gasteiger partial charge in [0, 0.05) is 19.1 Å². The van der Waals surface area contributed by atoms with Gasteiger partial charge in [0.2, 0.25) is 11.8 Å². The molecule has 2 aliphatic heterocycles. The summed E-state index contributed by atoms with van der Waals surface area (Å²) in [6, 6.07) is 0.276. The molecule has 5 heteroatoms. The third-order valence-electron chi connectivity index (χ3n) is 3.90. The second-order valence-corrected chi connectivity index (χ2v) is 6.13. The van der Waals surface area contributed by atoms with Gasteiger partial charge in [0.15, 0.2) is 0 Å². The van der Waals surface area contributed by atoms with E-state index in [9.17, 15) is 9.59 Å². The number of hydrogen-bond acceptors (Lipinski definition) is 3. The first kappa shape index (κ1) is 14.3. The molecular formula is C14H25N3O2. The Morgan fingerprint density at radius 2 is 2.05 bits per heavy atom. The van der Waals surface area contributed by atoms with Crippen molar-refractivity contribution < 1.29 is 9.59 Å². The molecule has 0 radical (unpaired) electrons. The van der Waals surface area contributed by atoms with Crippen LogP contribution in [-0.2, 0) is 9.59 Å². The number of piperazine rings is 1. The third-order valence-corrected chi connectivity index (χ3v) is 3.90. The van der Waals surface area contributed by atoms with Crippen molar-refractivity contribution in [2.45, 2.75) is 45.7 Å². The largest absolute Gasteiger partial charge is 0.331 e. The number of carbonyl (C=O) groups excluding carboxylic acids is 2. The average Bonchev–Trinajstić information content (AvgIpc) is 2.83. The zero-order chi connectivity index (χ0) is 14.0. The smallest absolute Gasteiger partial charge is 0.245 e. The number of fused-ring (bicyclic) bond motifs is 1. The predicted octanol–water partition coefficient (Wildman–Crippen LogP) is 0.454. The van der Waals surface area contributed by atoms with Crippen LogP contribution in [0.15, 0.2) is 0 Å². The van der Waals surface area contributed by atoms with Crippen molar-refractivity contribution >= 4 is 11.8 Å². The monoisotopic (exact) mass is 267 g/mol. The van der Waals surface area contributed by atoms with Crippen LogP contribution >= 0.6 is 0 Å². The standard InChI is InChI=1S/C14H25N3O2/c1-10(2)15-7-11(3)8-16-9-13(18)17-6-4-5-12(17)14(16)19/h10-12,15H,4-9H2,1-3H3. The van der Waals surface area contributed by atoms with Gasteiger partial charge in [-0.15, -0.1) is 0 Å². The van der Waals surface area contributed by atoms with Crippen molar-refractivity contribution in [3.63, 3.8) is 0 Å². The lowest BCUT2D eigenvalue weighted by molar-refractivity contribution is -0.154. The molecule has 0 aromatic heterocycles. The summed E-state index contributed by atoms with van der Waals surface area (Å²) in [5.74, 6) is 0.631. The topological polar surface area (TPSA) is 52.7 Å². The van der Waals surface area contributed by atoms with Crippen LogP contribution in [0.2, 0.25) is 0 Å². The van der Waals surface area contributed by atoms with E-state index >= 15 is 0 Å². The first-order valence-corrected chi connectivity index (χ1v) is 7.30. The Morgan fingerprint density at radius 1 is 1.32 bits per heavy atom. The molecule has 2 saturated heterocycles. The van der Waals surface area contributed by atoms with Crippen molar-refractivity contribution in [2.24, 2.45) is 5.92 Å². The Hall–Kier alpha value is -1.10. The van der Waals surface area contributed by atoms with Crippen LogP contribution < -0.4 is 5.32 Å². The Kier molecular flexibility index (Phi) is 4.45. The predicted molar refractivity (Wildman–Crippen MR) is 73.6 cm³/mol. The molecule has 19 heavy (non-hydrogen) atoms. The van der Waals surface area contributed by atoms with E-state index in [1.807, 2.05) is 0 Å². The molecule has 2 amide bonds. The van der Waals surface area contributed by atoms with Gasteiger partial charge < -0.3 is 15.1 Å². The Morgan fingerprint density at radius 3 is 2.74 bits per heavy atom. The summed E-state index contributed by atoms with van der Waals surface area (Å²) in [6.45, 7) is 8.92. The first-order valence-electron chi connectivity index (χ1n) is 7.30. The minimum Gasteiger partial charge on any atom is -0.331 e. The zero-order valence-corrected chi connectivity index (χ0v) is 12.2. The van der Waals surface area contributed by atoms with E-state index in [1.54, 1.807) is 9.80 Å². The molecule has 0 saturated carbocycles. The lowest BCUT2D eigenvalue weighted by Crippen LogP contribution is -2.58. The van der Waals surface area contributed by atoms with Crippen molar-refractivity contribution in [1.29, 1.82) is 0 Å². The van der Waals surface area contributed by atoms with Crippen molar-refractivity contribution in [2.75, 3.05) is 26.2 Å². The van der Waals surface area contributed by atoms with Crippen molar-refractivity contribution in [1.82, 2.24) is 15.1 Å². The number of rotatable bonds is 5. The molecule has 2 atom stereocenters. The van der Waals surface area contributed by atoms with Gasteiger partial charge in [-0.25, -0.2) is 0 Å². The zero-order valence-electron chi connectivity index (χ0n) is 12.2. The summed E-state index contributed by atoms with van der Waals surface area (Å²) in [6.07, 6.45) is 1.79. The van der Waals surface area contributed by atoms with Crippen LogP contribution in [0.1, 0.15) is 33.6 Å². The maximum atomic E-state index is 12.3. The van der Waals surface area contributed by atoms with Crippen LogP contribution in [0.25, 0.3) is 0 Å². The van der Waals surface area contributed by atoms with Crippen LogP contribution in [0.5, 0.6) is 0 Å². The van der Waals surface area contributed by atoms with E-state index in [0.29, 0.717) is 18.5 Å². The summed E-state index contributed by atoms with van der Waals surface area (Å²) >= 11 is 0. The summed E-state index contributed by atoms with van der Waals surface area (Å²) in [5.41, 5.74) is 0. The molecule has 2 rings (SSSR count). The van der Waals surface area contributed by atoms with E-state index in [-0.39, 0.29) is 24.4 Å². The fraction of sp³-hybridized carbons (Fsp3) is 0.857. The van der Waals surface area contributed by atoms with Crippen LogP contribution in [0.3, 0.4) is 0 Å². The maximum absolute atomic E-state index is 12.3. The molecule has 2 heterocycles. The highest BCUT2D eigenvalue weighted by Crippen LogP contribution is 2.24. The Balaban J connectivity index is 1.89. The van der Waals surface area contributed by atoms with Gasteiger partial charge in [-0.1, -0.05) is 20.8 Å². The molecule has 5 nitrogen and oxygen atoms in total. The minimum atomic E-state index is -0.175. The first-order chi connectivity index (χ1) is 8.99. The Bertz CT molecular complexity index is 357. The minimum absolute atomic E-state index is 0.117. The molecule has 1 N–H and O–H groups in total. The average molecular weight is 267 g/mol. The highest BCUT2D eigenvalue weighted by atomic mass is 16.2. The second kappa shape index (κ2) is 5.90. The molecule has 0 bridgehead atoms. The maximum Gasteiger partial charge on any atom is 0.245 e. The number of carbonyl (C=O) groups is 2. The van der Waals surface area contributed by atoms with Gasteiger partial charge in [-0.05, 0) is 25.3 Å². The quantitative estimate of drug-likeness (QED) is 0.787. The van der Waals surface area contributed by atoms with E-state index in [1.165, 1.54) is 0 Å². The van der Waals surface area contributed by atoms with Gasteiger partial charge in [0.05, 0.1) is 6.54 Å². The summed E-state index contributed by atoms with van der Waals surface area (Å²) in [7, 11) is 0. The third kappa shape index (κ3) is 3.26. The molecule has 2 fully saturated rings. The highest BCUT2D eigenvalue weighted by molar-refractivity contribution is 5.95. The van der Waals surface area contributed by atoms with E-state index in [4.69, 9.17) is 0 Å². The van der Waals surface area contributed by atoms with E-state index in [2.05, 4.69) is 26.1 Å². The number of nitrogens with zero attached hydrogens (tertiary/aromatic N) is 2. The van der Waals surface area contributed by atoms with Gasteiger partial charge in [0.25, 0.3) is 0 Å². The number of hydrogen-bond donors (Lipinski definition) is 1. The Labute approximate surface area is 115 Å². The van der Waals surface area contributed by atoms with E-state index in [0.717, 1.165) is 25.9 Å². The normalized spacial score (nSPS) is 25.2. The molecule has 0 aliphatic carbocycles. The molecule has 0 aromatic rings. The molecule has 0 spiro atoms. The van der Waals surface area contributed by atoms with Gasteiger partial charge in [-0.2, -0.15) is 0 Å². The van der Waals surface area contributed by atoms with Gasteiger partial charge >= 0.3 is 0 Å². The van der Waals surface area contributed by atoms with E-state index < -0.39 is 0 Å². The lowest BCUT2D eigenvalue weighted by Gasteiger charge is -2.37. The summed E-state index contributed by atoms with van der Waals surface area (Å²) in [5, 5.41) is 3.37. The molecule has 2 unspecified atom stereocenters. The van der Waals surface area contributed by atoms with Crippen LogP contribution in [0.4, 0.5) is 0 Å². The summed E-state index contributed by atoms with van der Waals surface area (Å²) in [4.78, 5) is 27.8. The molecular weight excluding hydrogens is 242 g/mol.